The largest absolute Gasteiger partial charge is 0.377 e. The first-order valence-corrected chi connectivity index (χ1v) is 5.88. The molecule has 1 aliphatic heterocycles. The molecule has 2 atom stereocenters. The SMILES string of the molecule is CCOC1CCCN(CC(C)(N)C(N)=O)C1. The summed E-state index contributed by atoms with van der Waals surface area (Å²) in [6.07, 6.45) is 2.43. The lowest BCUT2D eigenvalue weighted by Crippen LogP contribution is -2.58. The van der Waals surface area contributed by atoms with Gasteiger partial charge in [0.05, 0.1) is 6.10 Å². The molecule has 16 heavy (non-hydrogen) atoms. The van der Waals surface area contributed by atoms with Gasteiger partial charge in [0, 0.05) is 19.7 Å². The molecule has 5 nitrogen and oxygen atoms in total. The van der Waals surface area contributed by atoms with Gasteiger partial charge in [-0.3, -0.25) is 9.69 Å². The van der Waals surface area contributed by atoms with Crippen LogP contribution >= 0.6 is 0 Å². The lowest BCUT2D eigenvalue weighted by Gasteiger charge is -2.36. The number of carbonyl (C=O) groups is 1. The Morgan fingerprint density at radius 3 is 2.88 bits per heavy atom. The lowest BCUT2D eigenvalue weighted by atomic mass is 10.00. The number of nitrogens with two attached hydrogens (primary N) is 2. The van der Waals surface area contributed by atoms with Gasteiger partial charge in [-0.1, -0.05) is 0 Å². The van der Waals surface area contributed by atoms with E-state index in [4.69, 9.17) is 16.2 Å². The van der Waals surface area contributed by atoms with Crippen molar-refractivity contribution in [2.75, 3.05) is 26.2 Å². The predicted molar refractivity (Wildman–Crippen MR) is 62.9 cm³/mol. The molecule has 0 bridgehead atoms. The first-order valence-electron chi connectivity index (χ1n) is 5.88. The van der Waals surface area contributed by atoms with Gasteiger partial charge in [-0.15, -0.1) is 0 Å². The molecule has 4 N–H and O–H groups in total. The predicted octanol–water partition coefficient (Wildman–Crippen LogP) is -0.310. The molecule has 5 heteroatoms. The second-order valence-corrected chi connectivity index (χ2v) is 4.74. The quantitative estimate of drug-likeness (QED) is 0.677. The maximum absolute atomic E-state index is 11.1. The summed E-state index contributed by atoms with van der Waals surface area (Å²) >= 11 is 0. The Labute approximate surface area is 97.1 Å². The minimum Gasteiger partial charge on any atom is -0.377 e. The van der Waals surface area contributed by atoms with Gasteiger partial charge in [-0.25, -0.2) is 0 Å². The number of primary amides is 1. The number of hydrogen-bond acceptors (Lipinski definition) is 4. The fourth-order valence-electron chi connectivity index (χ4n) is 2.07. The Kier molecular flexibility index (Phi) is 4.70. The third kappa shape index (κ3) is 3.73. The summed E-state index contributed by atoms with van der Waals surface area (Å²) in [6.45, 7) is 6.71. The van der Waals surface area contributed by atoms with Crippen LogP contribution in [0.2, 0.25) is 0 Å². The van der Waals surface area contributed by atoms with E-state index >= 15 is 0 Å². The molecule has 1 amide bonds. The van der Waals surface area contributed by atoms with Crippen LogP contribution in [0.15, 0.2) is 0 Å². The summed E-state index contributed by atoms with van der Waals surface area (Å²) in [5.41, 5.74) is 10.2. The van der Waals surface area contributed by atoms with E-state index in [0.29, 0.717) is 6.54 Å². The van der Waals surface area contributed by atoms with Crippen LogP contribution in [0.3, 0.4) is 0 Å². The van der Waals surface area contributed by atoms with Gasteiger partial charge in [0.25, 0.3) is 0 Å². The molecule has 1 aliphatic rings. The van der Waals surface area contributed by atoms with E-state index in [9.17, 15) is 4.79 Å². The maximum Gasteiger partial charge on any atom is 0.238 e. The molecular weight excluding hydrogens is 206 g/mol. The minimum atomic E-state index is -0.950. The Balaban J connectivity index is 2.45. The van der Waals surface area contributed by atoms with Crippen LogP contribution in [0.1, 0.15) is 26.7 Å². The molecule has 1 rings (SSSR count). The van der Waals surface area contributed by atoms with E-state index < -0.39 is 11.4 Å². The molecule has 0 aliphatic carbocycles. The highest BCUT2D eigenvalue weighted by Gasteiger charge is 2.31. The van der Waals surface area contributed by atoms with Crippen molar-refractivity contribution < 1.29 is 9.53 Å². The summed E-state index contributed by atoms with van der Waals surface area (Å²) < 4.78 is 5.59. The summed E-state index contributed by atoms with van der Waals surface area (Å²) in [7, 11) is 0. The highest BCUT2D eigenvalue weighted by atomic mass is 16.5. The van der Waals surface area contributed by atoms with Crippen molar-refractivity contribution in [2.45, 2.75) is 38.3 Å². The average molecular weight is 229 g/mol. The van der Waals surface area contributed by atoms with E-state index in [1.807, 2.05) is 6.92 Å². The molecule has 94 valence electrons. The molecule has 0 saturated carbocycles. The third-order valence-corrected chi connectivity index (χ3v) is 2.98. The second kappa shape index (κ2) is 5.61. The molecular formula is C11H23N3O2. The molecule has 0 spiro atoms. The third-order valence-electron chi connectivity index (χ3n) is 2.98. The van der Waals surface area contributed by atoms with Gasteiger partial charge in [0.15, 0.2) is 0 Å². The van der Waals surface area contributed by atoms with Crippen LogP contribution in [0.5, 0.6) is 0 Å². The van der Waals surface area contributed by atoms with Crippen molar-refractivity contribution in [3.8, 4) is 0 Å². The van der Waals surface area contributed by atoms with Crippen molar-refractivity contribution in [1.82, 2.24) is 4.90 Å². The molecule has 1 saturated heterocycles. The van der Waals surface area contributed by atoms with Gasteiger partial charge in [0.2, 0.25) is 5.91 Å². The van der Waals surface area contributed by atoms with Crippen LogP contribution in [0.4, 0.5) is 0 Å². The number of piperidine rings is 1. The van der Waals surface area contributed by atoms with E-state index in [-0.39, 0.29) is 6.10 Å². The molecule has 1 heterocycles. The van der Waals surface area contributed by atoms with Gasteiger partial charge < -0.3 is 16.2 Å². The first kappa shape index (κ1) is 13.4. The van der Waals surface area contributed by atoms with Crippen LogP contribution in [-0.2, 0) is 9.53 Å². The van der Waals surface area contributed by atoms with E-state index in [1.165, 1.54) is 0 Å². The number of hydrogen-bond donors (Lipinski definition) is 2. The normalized spacial score (nSPS) is 26.3. The number of amides is 1. The van der Waals surface area contributed by atoms with Gasteiger partial charge >= 0.3 is 0 Å². The van der Waals surface area contributed by atoms with Crippen LogP contribution in [0, 0.1) is 0 Å². The van der Waals surface area contributed by atoms with Crippen molar-refractivity contribution in [3.05, 3.63) is 0 Å². The summed E-state index contributed by atoms with van der Waals surface area (Å²) in [4.78, 5) is 13.3. The Morgan fingerprint density at radius 1 is 1.62 bits per heavy atom. The fraction of sp³-hybridized carbons (Fsp3) is 0.909. The van der Waals surface area contributed by atoms with Crippen molar-refractivity contribution in [3.63, 3.8) is 0 Å². The van der Waals surface area contributed by atoms with E-state index in [2.05, 4.69) is 4.90 Å². The van der Waals surface area contributed by atoms with Crippen molar-refractivity contribution in [2.24, 2.45) is 11.5 Å². The molecule has 0 radical (unpaired) electrons. The van der Waals surface area contributed by atoms with Gasteiger partial charge in [-0.2, -0.15) is 0 Å². The zero-order valence-corrected chi connectivity index (χ0v) is 10.2. The van der Waals surface area contributed by atoms with Crippen molar-refractivity contribution in [1.29, 1.82) is 0 Å². The fourth-order valence-corrected chi connectivity index (χ4v) is 2.07. The smallest absolute Gasteiger partial charge is 0.238 e. The minimum absolute atomic E-state index is 0.266. The van der Waals surface area contributed by atoms with Crippen LogP contribution < -0.4 is 11.5 Å². The maximum atomic E-state index is 11.1. The molecule has 0 aromatic rings. The monoisotopic (exact) mass is 229 g/mol. The number of ether oxygens (including phenoxy) is 1. The first-order chi connectivity index (χ1) is 7.45. The number of nitrogens with zero attached hydrogens (tertiary/aromatic N) is 1. The Morgan fingerprint density at radius 2 is 2.31 bits per heavy atom. The average Bonchev–Trinajstić information content (AvgIpc) is 2.17. The lowest BCUT2D eigenvalue weighted by molar-refractivity contribution is -0.123. The molecule has 0 aromatic heterocycles. The van der Waals surface area contributed by atoms with Gasteiger partial charge in [-0.05, 0) is 33.2 Å². The Bertz CT molecular complexity index is 241. The van der Waals surface area contributed by atoms with Gasteiger partial charge in [0.1, 0.15) is 5.54 Å². The second-order valence-electron chi connectivity index (χ2n) is 4.74. The zero-order valence-electron chi connectivity index (χ0n) is 10.2. The molecule has 0 aromatic carbocycles. The van der Waals surface area contributed by atoms with Crippen LogP contribution in [0.25, 0.3) is 0 Å². The number of likely N-dealkylation sites (tertiary alicyclic amines) is 1. The summed E-state index contributed by atoms with van der Waals surface area (Å²) in [6, 6.07) is 0. The highest BCUT2D eigenvalue weighted by Crippen LogP contribution is 2.15. The highest BCUT2D eigenvalue weighted by molar-refractivity contribution is 5.84. The standard InChI is InChI=1S/C11H23N3O2/c1-3-16-9-5-4-6-14(7-9)8-11(2,13)10(12)15/h9H,3-8,13H2,1-2H3,(H2,12,15). The van der Waals surface area contributed by atoms with E-state index in [0.717, 1.165) is 32.5 Å². The van der Waals surface area contributed by atoms with Crippen LogP contribution in [-0.4, -0.2) is 48.7 Å². The summed E-state index contributed by atoms with van der Waals surface area (Å²) in [5, 5.41) is 0. The molecule has 2 unspecified atom stereocenters. The Hall–Kier alpha value is -0.650. The topological polar surface area (TPSA) is 81.6 Å². The molecule has 1 fully saturated rings. The number of carbonyl (C=O) groups excluding carboxylic acids is 1. The van der Waals surface area contributed by atoms with Crippen molar-refractivity contribution >= 4 is 5.91 Å². The zero-order chi connectivity index (χ0) is 12.2. The summed E-state index contributed by atoms with van der Waals surface area (Å²) in [5.74, 6) is -0.453. The number of rotatable bonds is 5. The van der Waals surface area contributed by atoms with E-state index in [1.54, 1.807) is 6.92 Å².